The fourth-order valence-corrected chi connectivity index (χ4v) is 3.51. The predicted octanol–water partition coefficient (Wildman–Crippen LogP) is 6.25. The van der Waals surface area contributed by atoms with Gasteiger partial charge in [-0.1, -0.05) is 58.4 Å². The Bertz CT molecular complexity index is 1340. The van der Waals surface area contributed by atoms with Crippen molar-refractivity contribution in [1.29, 1.82) is 0 Å². The number of carbonyl (C=O) groups excluding carboxylic acids is 2. The molecule has 0 aromatic heterocycles. The number of halogens is 1. The summed E-state index contributed by atoms with van der Waals surface area (Å²) in [5.74, 6) is 0.178. The van der Waals surface area contributed by atoms with Crippen LogP contribution in [0, 0.1) is 0 Å². The Morgan fingerprint density at radius 3 is 2.08 bits per heavy atom. The van der Waals surface area contributed by atoms with Gasteiger partial charge >= 0.3 is 5.97 Å². The molecule has 7 heteroatoms. The van der Waals surface area contributed by atoms with Gasteiger partial charge in [-0.2, -0.15) is 5.10 Å². The second kappa shape index (κ2) is 12.0. The Labute approximate surface area is 217 Å². The van der Waals surface area contributed by atoms with Gasteiger partial charge in [0.1, 0.15) is 11.5 Å². The van der Waals surface area contributed by atoms with Gasteiger partial charge in [-0.3, -0.25) is 4.79 Å². The Balaban J connectivity index is 1.25. The highest BCUT2D eigenvalue weighted by Crippen LogP contribution is 2.22. The molecule has 36 heavy (non-hydrogen) atoms. The second-order valence-corrected chi connectivity index (χ2v) is 8.77. The van der Waals surface area contributed by atoms with E-state index in [1.807, 2.05) is 54.6 Å². The molecular formula is C29H23BrN2O4. The molecule has 180 valence electrons. The van der Waals surface area contributed by atoms with Gasteiger partial charge < -0.3 is 9.47 Å². The van der Waals surface area contributed by atoms with E-state index in [4.69, 9.17) is 9.47 Å². The van der Waals surface area contributed by atoms with Gasteiger partial charge in [-0.05, 0) is 84.3 Å². The number of esters is 1. The number of rotatable bonds is 8. The average molecular weight is 543 g/mol. The molecule has 0 radical (unpaired) electrons. The van der Waals surface area contributed by atoms with Gasteiger partial charge in [0, 0.05) is 4.47 Å². The van der Waals surface area contributed by atoms with Crippen molar-refractivity contribution in [2.24, 2.45) is 5.10 Å². The summed E-state index contributed by atoms with van der Waals surface area (Å²) in [6.07, 6.45) is 0.768. The lowest BCUT2D eigenvalue weighted by Gasteiger charge is -2.13. The van der Waals surface area contributed by atoms with Gasteiger partial charge in [0.05, 0.1) is 11.8 Å². The number of nitrogens with one attached hydrogen (secondary N) is 1. The molecule has 0 spiro atoms. The lowest BCUT2D eigenvalue weighted by molar-refractivity contribution is -0.127. The largest absolute Gasteiger partial charge is 0.481 e. The van der Waals surface area contributed by atoms with Crippen molar-refractivity contribution in [3.63, 3.8) is 0 Å². The van der Waals surface area contributed by atoms with Crippen LogP contribution in [-0.2, 0) is 4.79 Å². The molecule has 4 rings (SSSR count). The first-order valence-electron chi connectivity index (χ1n) is 11.2. The normalized spacial score (nSPS) is 11.6. The molecule has 6 nitrogen and oxygen atoms in total. The van der Waals surface area contributed by atoms with Crippen molar-refractivity contribution in [1.82, 2.24) is 5.43 Å². The summed E-state index contributed by atoms with van der Waals surface area (Å²) in [5, 5.41) is 3.99. The third-order valence-corrected chi connectivity index (χ3v) is 5.73. The number of ether oxygens (including phenoxy) is 2. The van der Waals surface area contributed by atoms with E-state index in [0.29, 0.717) is 17.1 Å². The van der Waals surface area contributed by atoms with Crippen molar-refractivity contribution in [2.45, 2.75) is 13.0 Å². The van der Waals surface area contributed by atoms with Crippen LogP contribution in [-0.4, -0.2) is 24.2 Å². The third-order valence-electron chi connectivity index (χ3n) is 5.20. The monoisotopic (exact) mass is 542 g/mol. The third kappa shape index (κ3) is 6.90. The fourth-order valence-electron chi connectivity index (χ4n) is 3.25. The molecule has 0 saturated heterocycles. The summed E-state index contributed by atoms with van der Waals surface area (Å²) in [5.41, 5.74) is 5.84. The summed E-state index contributed by atoms with van der Waals surface area (Å²) >= 11 is 3.33. The molecule has 1 atom stereocenters. The lowest BCUT2D eigenvalue weighted by Crippen LogP contribution is -2.33. The topological polar surface area (TPSA) is 77.0 Å². The highest BCUT2D eigenvalue weighted by molar-refractivity contribution is 9.10. The number of carbonyl (C=O) groups is 2. The molecule has 0 bridgehead atoms. The first-order chi connectivity index (χ1) is 17.5. The van der Waals surface area contributed by atoms with Crippen LogP contribution in [0.1, 0.15) is 22.8 Å². The van der Waals surface area contributed by atoms with Crippen LogP contribution < -0.4 is 14.9 Å². The smallest absolute Gasteiger partial charge is 0.343 e. The standard InChI is InChI=1S/C29H23BrN2O4/c1-20(35-26-17-11-23(12-18-26)22-5-3-2-4-6-22)28(33)32-31-19-21-7-15-27(16-8-21)36-29(34)24-9-13-25(30)14-10-24/h2-20H,1H3,(H,32,33). The van der Waals surface area contributed by atoms with Crippen molar-refractivity contribution in [3.8, 4) is 22.6 Å². The number of nitrogens with zero attached hydrogens (tertiary/aromatic N) is 1. The van der Waals surface area contributed by atoms with E-state index in [0.717, 1.165) is 21.2 Å². The van der Waals surface area contributed by atoms with E-state index in [1.165, 1.54) is 6.21 Å². The van der Waals surface area contributed by atoms with Crippen molar-refractivity contribution in [3.05, 3.63) is 119 Å². The molecule has 0 aliphatic heterocycles. The van der Waals surface area contributed by atoms with Gasteiger partial charge in [-0.25, -0.2) is 10.2 Å². The van der Waals surface area contributed by atoms with Crippen LogP contribution in [0.25, 0.3) is 11.1 Å². The minimum Gasteiger partial charge on any atom is -0.481 e. The van der Waals surface area contributed by atoms with E-state index >= 15 is 0 Å². The SMILES string of the molecule is CC(Oc1ccc(-c2ccccc2)cc1)C(=O)NN=Cc1ccc(OC(=O)c2ccc(Br)cc2)cc1. The van der Waals surface area contributed by atoms with Crippen molar-refractivity contribution >= 4 is 34.0 Å². The summed E-state index contributed by atoms with van der Waals surface area (Å²) in [6, 6.07) is 31.3. The Hall–Kier alpha value is -4.23. The molecule has 0 fully saturated rings. The van der Waals surface area contributed by atoms with Crippen molar-refractivity contribution in [2.75, 3.05) is 0 Å². The highest BCUT2D eigenvalue weighted by atomic mass is 79.9. The van der Waals surface area contributed by atoms with Crippen LogP contribution in [0.3, 0.4) is 0 Å². The van der Waals surface area contributed by atoms with Crippen LogP contribution in [0.4, 0.5) is 0 Å². The van der Waals surface area contributed by atoms with Gasteiger partial charge in [0.15, 0.2) is 6.10 Å². The number of hydrogen-bond acceptors (Lipinski definition) is 5. The molecule has 4 aromatic rings. The van der Waals surface area contributed by atoms with Crippen LogP contribution >= 0.6 is 15.9 Å². The molecule has 0 saturated carbocycles. The quantitative estimate of drug-likeness (QED) is 0.123. The van der Waals surface area contributed by atoms with Gasteiger partial charge in [0.25, 0.3) is 5.91 Å². The van der Waals surface area contributed by atoms with E-state index in [2.05, 4.69) is 26.5 Å². The lowest BCUT2D eigenvalue weighted by atomic mass is 10.1. The maximum Gasteiger partial charge on any atom is 0.343 e. The minimum absolute atomic E-state index is 0.376. The van der Waals surface area contributed by atoms with Crippen molar-refractivity contribution < 1.29 is 19.1 Å². The molecular weight excluding hydrogens is 520 g/mol. The fraction of sp³-hybridized carbons (Fsp3) is 0.0690. The Kier molecular flexibility index (Phi) is 8.26. The molecule has 1 N–H and O–H groups in total. The maximum absolute atomic E-state index is 12.3. The van der Waals surface area contributed by atoms with Crippen LogP contribution in [0.5, 0.6) is 11.5 Å². The highest BCUT2D eigenvalue weighted by Gasteiger charge is 2.14. The molecule has 4 aromatic carbocycles. The van der Waals surface area contributed by atoms with E-state index in [-0.39, 0.29) is 5.91 Å². The van der Waals surface area contributed by atoms with E-state index in [9.17, 15) is 9.59 Å². The first-order valence-corrected chi connectivity index (χ1v) is 12.0. The van der Waals surface area contributed by atoms with Gasteiger partial charge in [-0.15, -0.1) is 0 Å². The van der Waals surface area contributed by atoms with Crippen LogP contribution in [0.2, 0.25) is 0 Å². The molecule has 0 heterocycles. The summed E-state index contributed by atoms with van der Waals surface area (Å²) < 4.78 is 12.0. The van der Waals surface area contributed by atoms with Crippen LogP contribution in [0.15, 0.2) is 113 Å². The number of benzene rings is 4. The zero-order valence-corrected chi connectivity index (χ0v) is 21.0. The summed E-state index contributed by atoms with van der Waals surface area (Å²) in [4.78, 5) is 24.6. The summed E-state index contributed by atoms with van der Waals surface area (Å²) in [7, 11) is 0. The van der Waals surface area contributed by atoms with Gasteiger partial charge in [0.2, 0.25) is 0 Å². The number of amides is 1. The summed E-state index contributed by atoms with van der Waals surface area (Å²) in [6.45, 7) is 1.66. The zero-order valence-electron chi connectivity index (χ0n) is 19.4. The number of hydrazone groups is 1. The molecule has 1 amide bonds. The second-order valence-electron chi connectivity index (χ2n) is 7.85. The molecule has 0 aliphatic carbocycles. The number of hydrogen-bond donors (Lipinski definition) is 1. The molecule has 1 unspecified atom stereocenters. The first kappa shape index (κ1) is 24.9. The maximum atomic E-state index is 12.3. The van der Waals surface area contributed by atoms with E-state index < -0.39 is 12.1 Å². The average Bonchev–Trinajstić information content (AvgIpc) is 2.91. The predicted molar refractivity (Wildman–Crippen MR) is 143 cm³/mol. The molecule has 0 aliphatic rings. The van der Waals surface area contributed by atoms with E-state index in [1.54, 1.807) is 55.5 Å². The minimum atomic E-state index is -0.731. The Morgan fingerprint density at radius 2 is 1.42 bits per heavy atom. The zero-order chi connectivity index (χ0) is 25.3. The Morgan fingerprint density at radius 1 is 0.806 bits per heavy atom.